The molecule has 2 saturated carbocycles. The van der Waals surface area contributed by atoms with Crippen molar-refractivity contribution in [2.45, 2.75) is 58.3 Å². The number of nitrogens with one attached hydrogen (secondary N) is 2. The Morgan fingerprint density at radius 1 is 1.04 bits per heavy atom. The van der Waals surface area contributed by atoms with Gasteiger partial charge >= 0.3 is 0 Å². The maximum absolute atomic E-state index is 12.1. The van der Waals surface area contributed by atoms with Crippen LogP contribution in [0.3, 0.4) is 0 Å². The molecule has 2 amide bonds. The summed E-state index contributed by atoms with van der Waals surface area (Å²) in [6.07, 6.45) is 5.62. The van der Waals surface area contributed by atoms with Crippen LogP contribution in [0.25, 0.3) is 0 Å². The average molecular weight is 328 g/mol. The van der Waals surface area contributed by atoms with Crippen molar-refractivity contribution in [3.63, 3.8) is 0 Å². The molecule has 1 aromatic carbocycles. The van der Waals surface area contributed by atoms with E-state index >= 15 is 0 Å². The highest BCUT2D eigenvalue weighted by molar-refractivity contribution is 5.95. The van der Waals surface area contributed by atoms with Crippen LogP contribution in [0.15, 0.2) is 24.3 Å². The summed E-state index contributed by atoms with van der Waals surface area (Å²) in [5, 5.41) is 0. The van der Waals surface area contributed by atoms with Crippen LogP contribution >= 0.6 is 0 Å². The zero-order chi connectivity index (χ0) is 17.3. The molecule has 2 aliphatic rings. The number of hydrogen-bond acceptors (Lipinski definition) is 2. The van der Waals surface area contributed by atoms with Gasteiger partial charge < -0.3 is 0 Å². The zero-order valence-corrected chi connectivity index (χ0v) is 14.9. The van der Waals surface area contributed by atoms with Gasteiger partial charge in [-0.05, 0) is 60.1 Å². The molecule has 0 unspecified atom stereocenters. The van der Waals surface area contributed by atoms with Crippen LogP contribution < -0.4 is 10.9 Å². The zero-order valence-electron chi connectivity index (χ0n) is 14.9. The number of carbonyl (C=O) groups excluding carboxylic acids is 2. The normalized spacial score (nSPS) is 25.5. The van der Waals surface area contributed by atoms with Crippen LogP contribution in [0.2, 0.25) is 0 Å². The first-order valence-corrected chi connectivity index (χ1v) is 9.02. The molecular formula is C20H28N2O2. The van der Waals surface area contributed by atoms with Crippen molar-refractivity contribution in [2.75, 3.05) is 0 Å². The monoisotopic (exact) mass is 328 g/mol. The van der Waals surface area contributed by atoms with E-state index in [1.54, 1.807) is 12.1 Å². The van der Waals surface area contributed by atoms with Gasteiger partial charge in [-0.1, -0.05) is 39.3 Å². The third-order valence-electron chi connectivity index (χ3n) is 5.66. The second kappa shape index (κ2) is 6.58. The molecule has 4 nitrogen and oxygen atoms in total. The van der Waals surface area contributed by atoms with Crippen molar-refractivity contribution in [3.8, 4) is 0 Å². The largest absolute Gasteiger partial charge is 0.273 e. The Morgan fingerprint density at radius 3 is 2.29 bits per heavy atom. The number of hydrogen-bond donors (Lipinski definition) is 2. The van der Waals surface area contributed by atoms with Crippen LogP contribution in [-0.4, -0.2) is 11.8 Å². The van der Waals surface area contributed by atoms with Gasteiger partial charge in [0.25, 0.3) is 5.91 Å². The van der Waals surface area contributed by atoms with Crippen LogP contribution in [-0.2, 0) is 10.2 Å². The van der Waals surface area contributed by atoms with Crippen LogP contribution in [0.1, 0.15) is 68.8 Å². The highest BCUT2D eigenvalue weighted by Gasteiger charge is 2.40. The minimum absolute atomic E-state index is 0.0594. The predicted octanol–water partition coefficient (Wildman–Crippen LogP) is 3.57. The summed E-state index contributed by atoms with van der Waals surface area (Å²) in [5.41, 5.74) is 6.91. The second-order valence-corrected chi connectivity index (χ2v) is 8.47. The Morgan fingerprint density at radius 2 is 1.75 bits per heavy atom. The smallest absolute Gasteiger partial charge is 0.269 e. The van der Waals surface area contributed by atoms with E-state index in [2.05, 4.69) is 31.6 Å². The van der Waals surface area contributed by atoms with E-state index in [1.165, 1.54) is 31.2 Å². The fraction of sp³-hybridized carbons (Fsp3) is 0.600. The van der Waals surface area contributed by atoms with Crippen LogP contribution in [0.5, 0.6) is 0 Å². The molecule has 2 fully saturated rings. The summed E-state index contributed by atoms with van der Waals surface area (Å²) in [6.45, 7) is 6.41. The van der Waals surface area contributed by atoms with Crippen molar-refractivity contribution in [1.29, 1.82) is 0 Å². The number of rotatable bonds is 3. The van der Waals surface area contributed by atoms with E-state index in [0.29, 0.717) is 17.9 Å². The van der Waals surface area contributed by atoms with E-state index in [0.717, 1.165) is 11.8 Å². The molecule has 0 spiro atoms. The number of fused-ring (bicyclic) bond motifs is 2. The molecule has 0 saturated heterocycles. The van der Waals surface area contributed by atoms with Gasteiger partial charge in [0.2, 0.25) is 5.91 Å². The molecule has 4 heteroatoms. The first kappa shape index (κ1) is 17.0. The molecule has 0 aromatic heterocycles. The SMILES string of the molecule is CC(C)(C)c1ccc(C(=O)NNC(=O)C[C@@H]2C[C@@H]3CC[C@@H]2C3)cc1. The van der Waals surface area contributed by atoms with Crippen molar-refractivity contribution in [2.24, 2.45) is 17.8 Å². The van der Waals surface area contributed by atoms with Gasteiger partial charge in [-0.25, -0.2) is 0 Å². The molecule has 2 aliphatic carbocycles. The van der Waals surface area contributed by atoms with Gasteiger partial charge in [0, 0.05) is 12.0 Å². The lowest BCUT2D eigenvalue weighted by molar-refractivity contribution is -0.123. The minimum atomic E-state index is -0.267. The van der Waals surface area contributed by atoms with Gasteiger partial charge in [-0.15, -0.1) is 0 Å². The lowest BCUT2D eigenvalue weighted by atomic mass is 9.86. The van der Waals surface area contributed by atoms with Crippen molar-refractivity contribution in [3.05, 3.63) is 35.4 Å². The second-order valence-electron chi connectivity index (χ2n) is 8.47. The first-order valence-electron chi connectivity index (χ1n) is 9.02. The molecule has 0 heterocycles. The summed E-state index contributed by atoms with van der Waals surface area (Å²) >= 11 is 0. The van der Waals surface area contributed by atoms with Crippen LogP contribution in [0.4, 0.5) is 0 Å². The quantitative estimate of drug-likeness (QED) is 0.833. The van der Waals surface area contributed by atoms with Gasteiger partial charge in [0.1, 0.15) is 0 Å². The van der Waals surface area contributed by atoms with Crippen LogP contribution in [0, 0.1) is 17.8 Å². The number of hydrazine groups is 1. The van der Waals surface area contributed by atoms with E-state index in [1.807, 2.05) is 12.1 Å². The topological polar surface area (TPSA) is 58.2 Å². The summed E-state index contributed by atoms with van der Waals surface area (Å²) < 4.78 is 0. The summed E-state index contributed by atoms with van der Waals surface area (Å²) in [5.74, 6) is 1.72. The van der Waals surface area contributed by atoms with E-state index < -0.39 is 0 Å². The highest BCUT2D eigenvalue weighted by Crippen LogP contribution is 2.49. The lowest BCUT2D eigenvalue weighted by Gasteiger charge is -2.21. The summed E-state index contributed by atoms with van der Waals surface area (Å²) in [4.78, 5) is 24.2. The molecule has 130 valence electrons. The number of carbonyl (C=O) groups is 2. The molecule has 2 N–H and O–H groups in total. The minimum Gasteiger partial charge on any atom is -0.273 e. The Hall–Kier alpha value is -1.84. The Bertz CT molecular complexity index is 616. The highest BCUT2D eigenvalue weighted by atomic mass is 16.2. The lowest BCUT2D eigenvalue weighted by Crippen LogP contribution is -2.42. The van der Waals surface area contributed by atoms with E-state index in [9.17, 15) is 9.59 Å². The molecule has 0 radical (unpaired) electrons. The molecule has 2 bridgehead atoms. The Balaban J connectivity index is 1.47. The van der Waals surface area contributed by atoms with E-state index in [4.69, 9.17) is 0 Å². The fourth-order valence-electron chi connectivity index (χ4n) is 4.24. The van der Waals surface area contributed by atoms with Gasteiger partial charge in [0.15, 0.2) is 0 Å². The summed E-state index contributed by atoms with van der Waals surface area (Å²) in [7, 11) is 0. The maximum atomic E-state index is 12.1. The molecule has 24 heavy (non-hydrogen) atoms. The third-order valence-corrected chi connectivity index (χ3v) is 5.66. The molecule has 0 aliphatic heterocycles. The Kier molecular flexibility index (Phi) is 4.66. The molecule has 1 aromatic rings. The molecule has 3 rings (SSSR count). The van der Waals surface area contributed by atoms with Gasteiger partial charge in [-0.2, -0.15) is 0 Å². The van der Waals surface area contributed by atoms with Crippen molar-refractivity contribution < 1.29 is 9.59 Å². The third kappa shape index (κ3) is 3.80. The van der Waals surface area contributed by atoms with Crippen molar-refractivity contribution in [1.82, 2.24) is 10.9 Å². The average Bonchev–Trinajstić information content (AvgIpc) is 3.14. The van der Waals surface area contributed by atoms with Crippen molar-refractivity contribution >= 4 is 11.8 Å². The predicted molar refractivity (Wildman–Crippen MR) is 94.3 cm³/mol. The number of amides is 2. The van der Waals surface area contributed by atoms with Gasteiger partial charge in [-0.3, -0.25) is 20.4 Å². The van der Waals surface area contributed by atoms with E-state index in [-0.39, 0.29) is 17.2 Å². The maximum Gasteiger partial charge on any atom is 0.269 e. The fourth-order valence-corrected chi connectivity index (χ4v) is 4.24. The standard InChI is InChI=1S/C20H28N2O2/c1-20(2,3)17-8-6-14(7-9-17)19(24)22-21-18(23)12-16-11-13-4-5-15(16)10-13/h6-9,13,15-16H,4-5,10-12H2,1-3H3,(H,21,23)(H,22,24)/t13-,15-,16+/m1/s1. The summed E-state index contributed by atoms with van der Waals surface area (Å²) in [6, 6.07) is 7.54. The first-order chi connectivity index (χ1) is 11.3. The van der Waals surface area contributed by atoms with Gasteiger partial charge in [0.05, 0.1) is 0 Å². The molecule has 3 atom stereocenters. The molecular weight excluding hydrogens is 300 g/mol. The Labute approximate surface area is 144 Å². The number of benzene rings is 1.